The lowest BCUT2D eigenvalue weighted by Crippen LogP contribution is -2.27. The van der Waals surface area contributed by atoms with Gasteiger partial charge in [-0.1, -0.05) is 30.7 Å². The van der Waals surface area contributed by atoms with Gasteiger partial charge in [-0.15, -0.1) is 5.10 Å². The Labute approximate surface area is 123 Å². The molecule has 1 saturated carbocycles. The van der Waals surface area contributed by atoms with Gasteiger partial charge < -0.3 is 0 Å². The Hall–Kier alpha value is -2.24. The van der Waals surface area contributed by atoms with E-state index in [0.29, 0.717) is 5.92 Å². The molecule has 0 bridgehead atoms. The average Bonchev–Trinajstić information content (AvgIpc) is 2.90. The van der Waals surface area contributed by atoms with Crippen molar-refractivity contribution in [3.8, 4) is 0 Å². The van der Waals surface area contributed by atoms with Gasteiger partial charge in [0.1, 0.15) is 12.1 Å². The lowest BCUT2D eigenvalue weighted by atomic mass is 9.89. The Morgan fingerprint density at radius 2 is 2.29 bits per heavy atom. The highest BCUT2D eigenvalue weighted by atomic mass is 16.2. The van der Waals surface area contributed by atoms with Crippen LogP contribution in [0.25, 0.3) is 11.0 Å². The van der Waals surface area contributed by atoms with Crippen LogP contribution >= 0.6 is 0 Å². The van der Waals surface area contributed by atoms with Crippen LogP contribution in [0.4, 0.5) is 0 Å². The van der Waals surface area contributed by atoms with E-state index in [2.05, 4.69) is 27.8 Å². The van der Waals surface area contributed by atoms with E-state index in [1.807, 2.05) is 24.3 Å². The molecule has 1 amide bonds. The van der Waals surface area contributed by atoms with Crippen molar-refractivity contribution in [3.63, 3.8) is 0 Å². The maximum atomic E-state index is 12.0. The summed E-state index contributed by atoms with van der Waals surface area (Å²) in [6.07, 6.45) is 4.54. The topological polar surface area (TPSA) is 72.2 Å². The molecule has 0 aliphatic heterocycles. The second kappa shape index (κ2) is 6.03. The number of carbonyl (C=O) groups is 1. The Kier molecular flexibility index (Phi) is 3.94. The number of nitrogens with zero attached hydrogens (tertiary/aromatic N) is 4. The molecule has 2 aromatic rings. The van der Waals surface area contributed by atoms with Crippen LogP contribution in [0.3, 0.4) is 0 Å². The SMILES string of the molecule is C[C@H]1CCCCC1=NNC(=O)Cn1nnc2ccccc21. The summed E-state index contributed by atoms with van der Waals surface area (Å²) in [4.78, 5) is 12.0. The van der Waals surface area contributed by atoms with Gasteiger partial charge in [-0.25, -0.2) is 10.1 Å². The molecule has 1 atom stereocenters. The molecule has 1 N–H and O–H groups in total. The standard InChI is InChI=1S/C15H19N5O/c1-11-6-2-3-7-12(11)16-18-15(21)10-20-14-9-5-4-8-13(14)17-19-20/h4-5,8-9,11H,2-3,6-7,10H2,1H3,(H,18,21)/t11-/m0/s1. The fourth-order valence-electron chi connectivity index (χ4n) is 2.68. The molecule has 1 heterocycles. The third kappa shape index (κ3) is 3.09. The van der Waals surface area contributed by atoms with E-state index < -0.39 is 0 Å². The van der Waals surface area contributed by atoms with Crippen LogP contribution in [0.2, 0.25) is 0 Å². The minimum Gasteiger partial charge on any atom is -0.271 e. The van der Waals surface area contributed by atoms with Crippen LogP contribution < -0.4 is 5.43 Å². The van der Waals surface area contributed by atoms with Gasteiger partial charge in [0, 0.05) is 5.71 Å². The zero-order valence-corrected chi connectivity index (χ0v) is 12.1. The van der Waals surface area contributed by atoms with Gasteiger partial charge in [-0.2, -0.15) is 5.10 Å². The van der Waals surface area contributed by atoms with Gasteiger partial charge in [0.05, 0.1) is 5.52 Å². The first-order valence-corrected chi connectivity index (χ1v) is 7.37. The molecule has 1 aromatic heterocycles. The van der Waals surface area contributed by atoms with E-state index in [9.17, 15) is 4.79 Å². The summed E-state index contributed by atoms with van der Waals surface area (Å²) in [7, 11) is 0. The third-order valence-corrected chi connectivity index (χ3v) is 3.93. The van der Waals surface area contributed by atoms with Crippen molar-refractivity contribution in [2.75, 3.05) is 0 Å². The molecular weight excluding hydrogens is 266 g/mol. The summed E-state index contributed by atoms with van der Waals surface area (Å²) < 4.78 is 1.59. The van der Waals surface area contributed by atoms with Crippen molar-refractivity contribution in [1.29, 1.82) is 0 Å². The molecule has 21 heavy (non-hydrogen) atoms. The van der Waals surface area contributed by atoms with Crippen molar-refractivity contribution >= 4 is 22.7 Å². The fourth-order valence-corrected chi connectivity index (χ4v) is 2.68. The second-order valence-corrected chi connectivity index (χ2v) is 5.52. The number of amides is 1. The Morgan fingerprint density at radius 1 is 1.43 bits per heavy atom. The van der Waals surface area contributed by atoms with E-state index in [1.54, 1.807) is 4.68 Å². The highest BCUT2D eigenvalue weighted by molar-refractivity contribution is 5.88. The molecule has 0 radical (unpaired) electrons. The average molecular weight is 285 g/mol. The molecule has 1 fully saturated rings. The summed E-state index contributed by atoms with van der Waals surface area (Å²) >= 11 is 0. The summed E-state index contributed by atoms with van der Waals surface area (Å²) in [5.74, 6) is 0.294. The zero-order valence-electron chi connectivity index (χ0n) is 12.1. The van der Waals surface area contributed by atoms with E-state index in [4.69, 9.17) is 0 Å². The Bertz CT molecular complexity index is 676. The molecule has 1 aromatic carbocycles. The van der Waals surface area contributed by atoms with E-state index in [1.165, 1.54) is 6.42 Å². The van der Waals surface area contributed by atoms with Crippen LogP contribution in [0.1, 0.15) is 32.6 Å². The third-order valence-electron chi connectivity index (χ3n) is 3.93. The molecular formula is C15H19N5O. The largest absolute Gasteiger partial charge is 0.271 e. The van der Waals surface area contributed by atoms with E-state index >= 15 is 0 Å². The number of benzene rings is 1. The van der Waals surface area contributed by atoms with E-state index in [-0.39, 0.29) is 12.5 Å². The molecule has 1 aliphatic rings. The highest BCUT2D eigenvalue weighted by Gasteiger charge is 2.16. The van der Waals surface area contributed by atoms with Gasteiger partial charge in [-0.3, -0.25) is 4.79 Å². The molecule has 6 nitrogen and oxygen atoms in total. The van der Waals surface area contributed by atoms with Crippen molar-refractivity contribution in [2.24, 2.45) is 11.0 Å². The summed E-state index contributed by atoms with van der Waals surface area (Å²) in [5, 5.41) is 12.3. The van der Waals surface area contributed by atoms with Crippen LogP contribution in [0.5, 0.6) is 0 Å². The quantitative estimate of drug-likeness (QED) is 0.878. The van der Waals surface area contributed by atoms with Crippen molar-refractivity contribution in [3.05, 3.63) is 24.3 Å². The van der Waals surface area contributed by atoms with Crippen LogP contribution in [0.15, 0.2) is 29.4 Å². The van der Waals surface area contributed by atoms with Gasteiger partial charge in [0.25, 0.3) is 5.91 Å². The Balaban J connectivity index is 1.65. The second-order valence-electron chi connectivity index (χ2n) is 5.52. The number of hydrogen-bond acceptors (Lipinski definition) is 4. The van der Waals surface area contributed by atoms with E-state index in [0.717, 1.165) is 36.0 Å². The molecule has 0 spiro atoms. The minimum absolute atomic E-state index is 0.131. The number of aromatic nitrogens is 3. The molecule has 110 valence electrons. The molecule has 0 saturated heterocycles. The van der Waals surface area contributed by atoms with Crippen LogP contribution in [-0.4, -0.2) is 26.6 Å². The minimum atomic E-state index is -0.170. The maximum Gasteiger partial charge on any atom is 0.261 e. The number of hydrogen-bond donors (Lipinski definition) is 1. The Morgan fingerprint density at radius 3 is 3.14 bits per heavy atom. The number of hydrazone groups is 1. The van der Waals surface area contributed by atoms with Gasteiger partial charge in [0.15, 0.2) is 0 Å². The molecule has 3 rings (SSSR count). The zero-order chi connectivity index (χ0) is 14.7. The number of para-hydroxylation sites is 1. The number of fused-ring (bicyclic) bond motifs is 1. The maximum absolute atomic E-state index is 12.0. The first kappa shape index (κ1) is 13.7. The monoisotopic (exact) mass is 285 g/mol. The van der Waals surface area contributed by atoms with Crippen molar-refractivity contribution in [2.45, 2.75) is 39.2 Å². The predicted molar refractivity (Wildman–Crippen MR) is 80.7 cm³/mol. The normalized spacial score (nSPS) is 20.8. The van der Waals surface area contributed by atoms with Gasteiger partial charge in [-0.05, 0) is 37.3 Å². The van der Waals surface area contributed by atoms with Crippen molar-refractivity contribution < 1.29 is 4.79 Å². The number of carbonyl (C=O) groups excluding carboxylic acids is 1. The van der Waals surface area contributed by atoms with Crippen LogP contribution in [-0.2, 0) is 11.3 Å². The first-order chi connectivity index (χ1) is 10.2. The number of nitrogens with one attached hydrogen (secondary N) is 1. The molecule has 1 aliphatic carbocycles. The van der Waals surface area contributed by atoms with Crippen molar-refractivity contribution in [1.82, 2.24) is 20.4 Å². The molecule has 6 heteroatoms. The fraction of sp³-hybridized carbons (Fsp3) is 0.467. The number of rotatable bonds is 3. The highest BCUT2D eigenvalue weighted by Crippen LogP contribution is 2.20. The summed E-state index contributed by atoms with van der Waals surface area (Å²) in [5.41, 5.74) is 5.38. The smallest absolute Gasteiger partial charge is 0.261 e. The van der Waals surface area contributed by atoms with Gasteiger partial charge in [0.2, 0.25) is 0 Å². The van der Waals surface area contributed by atoms with Crippen LogP contribution in [0, 0.1) is 5.92 Å². The lowest BCUT2D eigenvalue weighted by Gasteiger charge is -2.19. The lowest BCUT2D eigenvalue weighted by molar-refractivity contribution is -0.121. The van der Waals surface area contributed by atoms with Gasteiger partial charge >= 0.3 is 0 Å². The summed E-state index contributed by atoms with van der Waals surface area (Å²) in [6.45, 7) is 2.29. The summed E-state index contributed by atoms with van der Waals surface area (Å²) in [6, 6.07) is 7.58. The predicted octanol–water partition coefficient (Wildman–Crippen LogP) is 2.11. The first-order valence-electron chi connectivity index (χ1n) is 7.37. The molecule has 0 unspecified atom stereocenters.